The van der Waals surface area contributed by atoms with Gasteiger partial charge in [-0.1, -0.05) is 12.8 Å². The molecule has 1 aliphatic rings. The lowest BCUT2D eigenvalue weighted by Gasteiger charge is -2.08. The third-order valence-corrected chi connectivity index (χ3v) is 2.22. The lowest BCUT2D eigenvalue weighted by molar-refractivity contribution is -0.141. The Labute approximate surface area is 77.3 Å². The van der Waals surface area contributed by atoms with Gasteiger partial charge in [-0.05, 0) is 19.3 Å². The van der Waals surface area contributed by atoms with Crippen molar-refractivity contribution in [3.63, 3.8) is 0 Å². The third kappa shape index (κ3) is 3.92. The van der Waals surface area contributed by atoms with Crippen molar-refractivity contribution >= 4 is 11.9 Å². The number of carbonyl (C=O) groups is 2. The van der Waals surface area contributed by atoms with Gasteiger partial charge in [0, 0.05) is 6.42 Å². The average Bonchev–Trinajstić information content (AvgIpc) is 2.83. The molecule has 0 bridgehead atoms. The summed E-state index contributed by atoms with van der Waals surface area (Å²) in [6.07, 6.45) is 3.81. The van der Waals surface area contributed by atoms with Crippen molar-refractivity contribution in [2.24, 2.45) is 5.92 Å². The first-order valence-electron chi connectivity index (χ1n) is 4.61. The van der Waals surface area contributed by atoms with Gasteiger partial charge in [0.25, 0.3) is 0 Å². The topological polar surface area (TPSA) is 66.4 Å². The maximum atomic E-state index is 11.1. The van der Waals surface area contributed by atoms with Gasteiger partial charge in [0.15, 0.2) is 0 Å². The molecule has 4 heteroatoms. The molecule has 74 valence electrons. The maximum Gasteiger partial charge on any atom is 0.325 e. The minimum absolute atomic E-state index is 0.151. The lowest BCUT2D eigenvalue weighted by Crippen LogP contribution is -2.38. The minimum Gasteiger partial charge on any atom is -0.480 e. The van der Waals surface area contributed by atoms with Crippen molar-refractivity contribution in [3.8, 4) is 0 Å². The van der Waals surface area contributed by atoms with Gasteiger partial charge in [-0.15, -0.1) is 0 Å². The Bertz CT molecular complexity index is 211. The first-order chi connectivity index (χ1) is 6.09. The van der Waals surface area contributed by atoms with Crippen LogP contribution >= 0.6 is 0 Å². The van der Waals surface area contributed by atoms with E-state index < -0.39 is 12.0 Å². The Hall–Kier alpha value is -1.06. The maximum absolute atomic E-state index is 11.1. The molecular formula is C9H15NO3. The van der Waals surface area contributed by atoms with E-state index in [0.717, 1.165) is 6.42 Å². The molecule has 2 N–H and O–H groups in total. The Morgan fingerprint density at radius 2 is 2.15 bits per heavy atom. The molecule has 1 unspecified atom stereocenters. The molecule has 0 aromatic heterocycles. The number of hydrogen-bond acceptors (Lipinski definition) is 2. The second-order valence-corrected chi connectivity index (χ2v) is 3.61. The minimum atomic E-state index is -0.986. The fourth-order valence-electron chi connectivity index (χ4n) is 1.12. The number of hydrogen-bond donors (Lipinski definition) is 2. The van der Waals surface area contributed by atoms with Crippen molar-refractivity contribution in [2.45, 2.75) is 38.6 Å². The van der Waals surface area contributed by atoms with Crippen molar-refractivity contribution in [3.05, 3.63) is 0 Å². The van der Waals surface area contributed by atoms with Gasteiger partial charge in [0.05, 0.1) is 0 Å². The molecular weight excluding hydrogens is 170 g/mol. The van der Waals surface area contributed by atoms with Crippen LogP contribution in [0.2, 0.25) is 0 Å². The van der Waals surface area contributed by atoms with Crippen LogP contribution in [-0.4, -0.2) is 23.0 Å². The molecule has 0 aromatic rings. The SMILES string of the molecule is CC(NC(=O)CCC1CC1)C(=O)O. The second-order valence-electron chi connectivity index (χ2n) is 3.61. The molecule has 13 heavy (non-hydrogen) atoms. The molecule has 0 heterocycles. The van der Waals surface area contributed by atoms with Crippen LogP contribution in [0.1, 0.15) is 32.6 Å². The highest BCUT2D eigenvalue weighted by Gasteiger charge is 2.22. The number of carboxylic acid groups (broad SMARTS) is 1. The zero-order chi connectivity index (χ0) is 9.84. The van der Waals surface area contributed by atoms with Crippen LogP contribution in [0.3, 0.4) is 0 Å². The summed E-state index contributed by atoms with van der Waals surface area (Å²) in [5.74, 6) is -0.424. The van der Waals surface area contributed by atoms with Gasteiger partial charge in [0.2, 0.25) is 5.91 Å². The molecule has 1 saturated carbocycles. The predicted octanol–water partition coefficient (Wildman–Crippen LogP) is 0.766. The molecule has 1 rings (SSSR count). The molecule has 0 spiro atoms. The van der Waals surface area contributed by atoms with Gasteiger partial charge >= 0.3 is 5.97 Å². The van der Waals surface area contributed by atoms with Crippen LogP contribution in [0.15, 0.2) is 0 Å². The monoisotopic (exact) mass is 185 g/mol. The van der Waals surface area contributed by atoms with Crippen molar-refractivity contribution in [2.75, 3.05) is 0 Å². The van der Waals surface area contributed by atoms with E-state index in [0.29, 0.717) is 12.3 Å². The van der Waals surface area contributed by atoms with Crippen LogP contribution in [-0.2, 0) is 9.59 Å². The van der Waals surface area contributed by atoms with E-state index in [2.05, 4.69) is 5.32 Å². The van der Waals surface area contributed by atoms with Gasteiger partial charge < -0.3 is 10.4 Å². The first kappa shape index (κ1) is 10.0. The Morgan fingerprint density at radius 3 is 2.62 bits per heavy atom. The third-order valence-electron chi connectivity index (χ3n) is 2.22. The summed E-state index contributed by atoms with van der Waals surface area (Å²) in [5, 5.41) is 10.9. The summed E-state index contributed by atoms with van der Waals surface area (Å²) in [7, 11) is 0. The summed E-state index contributed by atoms with van der Waals surface area (Å²) in [6, 6.07) is -0.772. The molecule has 1 fully saturated rings. The number of amides is 1. The van der Waals surface area contributed by atoms with E-state index in [1.54, 1.807) is 0 Å². The van der Waals surface area contributed by atoms with Crippen LogP contribution < -0.4 is 5.32 Å². The Kier molecular flexibility index (Phi) is 3.28. The zero-order valence-electron chi connectivity index (χ0n) is 7.75. The summed E-state index contributed by atoms with van der Waals surface area (Å²) in [5.41, 5.74) is 0. The summed E-state index contributed by atoms with van der Waals surface area (Å²) in [4.78, 5) is 21.5. The largest absolute Gasteiger partial charge is 0.480 e. The van der Waals surface area contributed by atoms with Crippen molar-refractivity contribution in [1.29, 1.82) is 0 Å². The van der Waals surface area contributed by atoms with Gasteiger partial charge in [-0.3, -0.25) is 9.59 Å². The van der Waals surface area contributed by atoms with Crippen molar-refractivity contribution < 1.29 is 14.7 Å². The highest BCUT2D eigenvalue weighted by Crippen LogP contribution is 2.33. The standard InChI is InChI=1S/C9H15NO3/c1-6(9(12)13)10-8(11)5-4-7-2-3-7/h6-7H,2-5H2,1H3,(H,10,11)(H,12,13). The van der Waals surface area contributed by atoms with E-state index in [9.17, 15) is 9.59 Å². The van der Waals surface area contributed by atoms with E-state index in [1.165, 1.54) is 19.8 Å². The summed E-state index contributed by atoms with van der Waals surface area (Å²) >= 11 is 0. The van der Waals surface area contributed by atoms with Gasteiger partial charge in [-0.25, -0.2) is 0 Å². The molecule has 1 amide bonds. The summed E-state index contributed by atoms with van der Waals surface area (Å²) in [6.45, 7) is 1.47. The molecule has 0 aromatic carbocycles. The van der Waals surface area contributed by atoms with Crippen LogP contribution in [0.25, 0.3) is 0 Å². The Balaban J connectivity index is 2.11. The lowest BCUT2D eigenvalue weighted by atomic mass is 10.2. The van der Waals surface area contributed by atoms with E-state index in [4.69, 9.17) is 5.11 Å². The smallest absolute Gasteiger partial charge is 0.325 e. The number of nitrogens with one attached hydrogen (secondary N) is 1. The molecule has 1 atom stereocenters. The number of aliphatic carboxylic acids is 1. The molecule has 1 aliphatic carbocycles. The first-order valence-corrected chi connectivity index (χ1v) is 4.61. The average molecular weight is 185 g/mol. The number of carboxylic acids is 1. The highest BCUT2D eigenvalue weighted by molar-refractivity contribution is 5.83. The predicted molar refractivity (Wildman–Crippen MR) is 47.2 cm³/mol. The van der Waals surface area contributed by atoms with Gasteiger partial charge in [0.1, 0.15) is 6.04 Å². The molecule has 0 radical (unpaired) electrons. The quantitative estimate of drug-likeness (QED) is 0.664. The Morgan fingerprint density at radius 1 is 1.54 bits per heavy atom. The van der Waals surface area contributed by atoms with Crippen LogP contribution in [0.4, 0.5) is 0 Å². The normalized spacial score (nSPS) is 17.9. The second kappa shape index (κ2) is 4.25. The number of carbonyl (C=O) groups excluding carboxylic acids is 1. The molecule has 0 aliphatic heterocycles. The van der Waals surface area contributed by atoms with Gasteiger partial charge in [-0.2, -0.15) is 0 Å². The van der Waals surface area contributed by atoms with E-state index in [1.807, 2.05) is 0 Å². The van der Waals surface area contributed by atoms with Crippen LogP contribution in [0.5, 0.6) is 0 Å². The van der Waals surface area contributed by atoms with Crippen molar-refractivity contribution in [1.82, 2.24) is 5.32 Å². The highest BCUT2D eigenvalue weighted by atomic mass is 16.4. The fraction of sp³-hybridized carbons (Fsp3) is 0.778. The van der Waals surface area contributed by atoms with Crippen LogP contribution in [0, 0.1) is 5.92 Å². The number of rotatable bonds is 5. The fourth-order valence-corrected chi connectivity index (χ4v) is 1.12. The van der Waals surface area contributed by atoms with E-state index in [-0.39, 0.29) is 5.91 Å². The zero-order valence-corrected chi connectivity index (χ0v) is 7.75. The summed E-state index contributed by atoms with van der Waals surface area (Å²) < 4.78 is 0. The molecule has 0 saturated heterocycles. The molecule has 4 nitrogen and oxygen atoms in total. The van der Waals surface area contributed by atoms with E-state index >= 15 is 0 Å².